The number of thiol groups is 1. The van der Waals surface area contributed by atoms with Crippen LogP contribution in [0.4, 0.5) is 0 Å². The van der Waals surface area contributed by atoms with Gasteiger partial charge in [0, 0.05) is 10.6 Å². The lowest BCUT2D eigenvalue weighted by molar-refractivity contribution is 1.32. The first-order valence-corrected chi connectivity index (χ1v) is 5.78. The van der Waals surface area contributed by atoms with Crippen molar-refractivity contribution in [3.05, 3.63) is 29.3 Å². The van der Waals surface area contributed by atoms with Gasteiger partial charge < -0.3 is 0 Å². The Hall–Kier alpha value is -0.180. The summed E-state index contributed by atoms with van der Waals surface area (Å²) in [4.78, 5) is 0. The molecule has 1 aromatic carbocycles. The van der Waals surface area contributed by atoms with Gasteiger partial charge in [0.25, 0.3) is 0 Å². The predicted molar refractivity (Wildman–Crippen MR) is 63.4 cm³/mol. The summed E-state index contributed by atoms with van der Waals surface area (Å²) in [6, 6.07) is 6.41. The first-order chi connectivity index (χ1) is 6.20. The van der Waals surface area contributed by atoms with E-state index < -0.39 is 0 Å². The molecular weight excluding hydrogens is 220 g/mol. The highest BCUT2D eigenvalue weighted by molar-refractivity contribution is 7.83. The van der Waals surface area contributed by atoms with Gasteiger partial charge in [-0.3, -0.25) is 0 Å². The number of benzene rings is 1. The fourth-order valence-corrected chi connectivity index (χ4v) is 2.97. The molecule has 2 rings (SSSR count). The Morgan fingerprint density at radius 2 is 2.15 bits per heavy atom. The molecule has 1 aromatic heterocycles. The fourth-order valence-electron chi connectivity index (χ4n) is 1.37. The summed E-state index contributed by atoms with van der Waals surface area (Å²) in [6.07, 6.45) is 0. The molecule has 0 unspecified atom stereocenters. The van der Waals surface area contributed by atoms with Gasteiger partial charge in [-0.1, -0.05) is 0 Å². The molecule has 0 nitrogen and oxygen atoms in total. The molecule has 0 bridgehead atoms. The zero-order valence-electron chi connectivity index (χ0n) is 7.17. The molecule has 13 heavy (non-hydrogen) atoms. The van der Waals surface area contributed by atoms with Gasteiger partial charge in [-0.2, -0.15) is 0 Å². The van der Waals surface area contributed by atoms with Crippen molar-refractivity contribution < 1.29 is 0 Å². The number of hydrogen-bond acceptors (Lipinski definition) is 2. The van der Waals surface area contributed by atoms with Crippen molar-refractivity contribution in [1.82, 2.24) is 0 Å². The maximum Gasteiger partial charge on any atom is 0.0580 e. The molecule has 0 spiro atoms. The Morgan fingerprint density at radius 3 is 2.85 bits per heavy atom. The molecule has 0 aliphatic heterocycles. The number of aryl methyl sites for hydroxylation is 1. The van der Waals surface area contributed by atoms with Crippen molar-refractivity contribution >= 4 is 45.7 Å². The SMILES string of the molecule is Cc1cc2sc(S)cc2cc1CCl. The Morgan fingerprint density at radius 1 is 1.38 bits per heavy atom. The van der Waals surface area contributed by atoms with Gasteiger partial charge in [0.05, 0.1) is 4.21 Å². The van der Waals surface area contributed by atoms with Gasteiger partial charge in [0.15, 0.2) is 0 Å². The van der Waals surface area contributed by atoms with Crippen LogP contribution in [-0.2, 0) is 5.88 Å². The average Bonchev–Trinajstić information content (AvgIpc) is 2.42. The smallest absolute Gasteiger partial charge is 0.0580 e. The Labute approximate surface area is 91.9 Å². The van der Waals surface area contributed by atoms with E-state index in [1.807, 2.05) is 0 Å². The van der Waals surface area contributed by atoms with Crippen molar-refractivity contribution in [2.75, 3.05) is 0 Å². The van der Waals surface area contributed by atoms with Crippen molar-refractivity contribution in [2.45, 2.75) is 17.0 Å². The molecule has 1 heterocycles. The maximum absolute atomic E-state index is 5.82. The highest BCUT2D eigenvalue weighted by Gasteiger charge is 2.03. The van der Waals surface area contributed by atoms with Crippen molar-refractivity contribution in [2.24, 2.45) is 0 Å². The Kier molecular flexibility index (Phi) is 2.54. The van der Waals surface area contributed by atoms with E-state index in [1.54, 1.807) is 11.3 Å². The van der Waals surface area contributed by atoms with Crippen LogP contribution in [0.1, 0.15) is 11.1 Å². The summed E-state index contributed by atoms with van der Waals surface area (Å²) in [6.45, 7) is 2.09. The minimum Gasteiger partial charge on any atom is -0.133 e. The van der Waals surface area contributed by atoms with Crippen LogP contribution >= 0.6 is 35.6 Å². The summed E-state index contributed by atoms with van der Waals surface area (Å²) < 4.78 is 2.34. The predicted octanol–water partition coefficient (Wildman–Crippen LogP) is 4.24. The largest absolute Gasteiger partial charge is 0.133 e. The molecule has 0 fully saturated rings. The second-order valence-electron chi connectivity index (χ2n) is 3.03. The van der Waals surface area contributed by atoms with E-state index in [9.17, 15) is 0 Å². The molecule has 0 aliphatic carbocycles. The number of fused-ring (bicyclic) bond motifs is 1. The van der Waals surface area contributed by atoms with E-state index in [0.717, 1.165) is 4.21 Å². The number of thiophene rings is 1. The van der Waals surface area contributed by atoms with Crippen LogP contribution in [0.2, 0.25) is 0 Å². The van der Waals surface area contributed by atoms with Gasteiger partial charge >= 0.3 is 0 Å². The lowest BCUT2D eigenvalue weighted by atomic mass is 10.1. The summed E-state index contributed by atoms with van der Waals surface area (Å²) in [7, 11) is 0. The third-order valence-electron chi connectivity index (χ3n) is 2.11. The number of rotatable bonds is 1. The van der Waals surface area contributed by atoms with Crippen molar-refractivity contribution in [3.8, 4) is 0 Å². The van der Waals surface area contributed by atoms with Crippen LogP contribution in [0.3, 0.4) is 0 Å². The van der Waals surface area contributed by atoms with Gasteiger partial charge in [-0.25, -0.2) is 0 Å². The summed E-state index contributed by atoms with van der Waals surface area (Å²) in [5, 5.41) is 1.25. The van der Waals surface area contributed by atoms with Crippen LogP contribution in [0, 0.1) is 6.92 Å². The molecule has 0 amide bonds. The highest BCUT2D eigenvalue weighted by atomic mass is 35.5. The van der Waals surface area contributed by atoms with Crippen LogP contribution in [-0.4, -0.2) is 0 Å². The zero-order valence-corrected chi connectivity index (χ0v) is 9.64. The molecule has 0 saturated heterocycles. The van der Waals surface area contributed by atoms with Gasteiger partial charge in [-0.05, 0) is 41.6 Å². The summed E-state index contributed by atoms with van der Waals surface area (Å²) in [5.41, 5.74) is 2.47. The van der Waals surface area contributed by atoms with E-state index in [2.05, 4.69) is 37.8 Å². The molecule has 0 atom stereocenters. The van der Waals surface area contributed by atoms with Gasteiger partial charge in [0.1, 0.15) is 0 Å². The Bertz CT molecular complexity index is 445. The van der Waals surface area contributed by atoms with Crippen LogP contribution in [0.25, 0.3) is 10.1 Å². The van der Waals surface area contributed by atoms with Gasteiger partial charge in [-0.15, -0.1) is 35.6 Å². The average molecular weight is 229 g/mol. The lowest BCUT2D eigenvalue weighted by Gasteiger charge is -2.00. The molecule has 0 N–H and O–H groups in total. The van der Waals surface area contributed by atoms with Crippen LogP contribution < -0.4 is 0 Å². The van der Waals surface area contributed by atoms with Crippen molar-refractivity contribution in [3.63, 3.8) is 0 Å². The monoisotopic (exact) mass is 228 g/mol. The molecule has 68 valence electrons. The quantitative estimate of drug-likeness (QED) is 0.548. The molecule has 0 radical (unpaired) electrons. The van der Waals surface area contributed by atoms with Crippen LogP contribution in [0.15, 0.2) is 22.4 Å². The Balaban J connectivity index is 2.72. The molecule has 2 aromatic rings. The first-order valence-electron chi connectivity index (χ1n) is 3.98. The summed E-state index contributed by atoms with van der Waals surface area (Å²) in [5.74, 6) is 0.583. The van der Waals surface area contributed by atoms with E-state index in [-0.39, 0.29) is 0 Å². The second kappa shape index (κ2) is 3.52. The number of hydrogen-bond donors (Lipinski definition) is 1. The number of halogens is 1. The highest BCUT2D eigenvalue weighted by Crippen LogP contribution is 2.30. The fraction of sp³-hybridized carbons (Fsp3) is 0.200. The van der Waals surface area contributed by atoms with Gasteiger partial charge in [0.2, 0.25) is 0 Å². The van der Waals surface area contributed by atoms with Crippen molar-refractivity contribution in [1.29, 1.82) is 0 Å². The zero-order chi connectivity index (χ0) is 9.42. The van der Waals surface area contributed by atoms with E-state index in [4.69, 9.17) is 11.6 Å². The topological polar surface area (TPSA) is 0 Å². The van der Waals surface area contributed by atoms with E-state index >= 15 is 0 Å². The third kappa shape index (κ3) is 1.71. The normalized spacial score (nSPS) is 11.0. The van der Waals surface area contributed by atoms with E-state index in [0.29, 0.717) is 5.88 Å². The lowest BCUT2D eigenvalue weighted by Crippen LogP contribution is -1.82. The minimum atomic E-state index is 0.583. The maximum atomic E-state index is 5.82. The number of alkyl halides is 1. The standard InChI is InChI=1S/C10H9ClS2/c1-6-2-9-7(3-8(6)5-11)4-10(12)13-9/h2-4,12H,5H2,1H3. The third-order valence-corrected chi connectivity index (χ3v) is 3.70. The second-order valence-corrected chi connectivity index (χ2v) is 5.17. The molecule has 0 saturated carbocycles. The summed E-state index contributed by atoms with van der Waals surface area (Å²) >= 11 is 11.9. The van der Waals surface area contributed by atoms with E-state index in [1.165, 1.54) is 21.2 Å². The van der Waals surface area contributed by atoms with Crippen LogP contribution in [0.5, 0.6) is 0 Å². The molecule has 0 aliphatic rings. The minimum absolute atomic E-state index is 0.583. The molecular formula is C10H9ClS2. The first kappa shape index (κ1) is 9.38. The molecule has 3 heteroatoms.